The van der Waals surface area contributed by atoms with Crippen LogP contribution in [0.2, 0.25) is 0 Å². The Balaban J connectivity index is 1.50. The van der Waals surface area contributed by atoms with Gasteiger partial charge < -0.3 is 9.80 Å². The van der Waals surface area contributed by atoms with Crippen molar-refractivity contribution in [2.24, 2.45) is 0 Å². The molecule has 1 amide bonds. The summed E-state index contributed by atoms with van der Waals surface area (Å²) >= 11 is 0. The predicted molar refractivity (Wildman–Crippen MR) is 126 cm³/mol. The van der Waals surface area contributed by atoms with Gasteiger partial charge in [-0.1, -0.05) is 60.7 Å². The minimum Gasteiger partial charge on any atom is -0.374 e. The molecule has 0 aromatic heterocycles. The molecule has 1 unspecified atom stereocenters. The molecule has 0 bridgehead atoms. The van der Waals surface area contributed by atoms with Crippen LogP contribution < -0.4 is 4.90 Å². The van der Waals surface area contributed by atoms with E-state index in [1.165, 1.54) is 4.90 Å². The SMILES string of the molecule is CN1CCCc2ccc(S(=O)(=O)C(=O)N3Cc4ccccc4C(c4ccccc4)C3)cc21. The molecule has 2 aliphatic rings. The summed E-state index contributed by atoms with van der Waals surface area (Å²) in [7, 11) is -2.18. The standard InChI is InChI=1S/C26H26N2O3S/c1-27-15-7-11-20-13-14-22(16-25(20)27)32(30,31)26(29)28-17-21-10-5-6-12-23(21)24(18-28)19-8-3-2-4-9-19/h2-6,8-10,12-14,16,24H,7,11,15,17-18H2,1H3. The highest BCUT2D eigenvalue weighted by Gasteiger charge is 2.36. The zero-order valence-corrected chi connectivity index (χ0v) is 18.9. The second-order valence-electron chi connectivity index (χ2n) is 8.63. The van der Waals surface area contributed by atoms with Crippen LogP contribution in [0.15, 0.2) is 77.7 Å². The first kappa shape index (κ1) is 20.8. The van der Waals surface area contributed by atoms with Crippen molar-refractivity contribution in [2.75, 3.05) is 25.0 Å². The van der Waals surface area contributed by atoms with E-state index >= 15 is 0 Å². The molecule has 5 nitrogen and oxygen atoms in total. The minimum atomic E-state index is -4.14. The second kappa shape index (κ2) is 8.10. The number of aryl methyl sites for hydroxylation is 1. The highest BCUT2D eigenvalue weighted by Crippen LogP contribution is 2.35. The van der Waals surface area contributed by atoms with Gasteiger partial charge >= 0.3 is 5.24 Å². The molecule has 164 valence electrons. The van der Waals surface area contributed by atoms with Crippen molar-refractivity contribution in [3.8, 4) is 0 Å². The summed E-state index contributed by atoms with van der Waals surface area (Å²) in [5.74, 6) is -0.0602. The summed E-state index contributed by atoms with van der Waals surface area (Å²) in [6.45, 7) is 1.51. The van der Waals surface area contributed by atoms with Crippen molar-refractivity contribution in [3.05, 3.63) is 95.1 Å². The normalized spacial score (nSPS) is 18.1. The van der Waals surface area contributed by atoms with E-state index in [2.05, 4.69) is 11.0 Å². The van der Waals surface area contributed by atoms with Crippen LogP contribution in [0.3, 0.4) is 0 Å². The maximum Gasteiger partial charge on any atom is 0.344 e. The lowest BCUT2D eigenvalue weighted by molar-refractivity contribution is 0.211. The lowest BCUT2D eigenvalue weighted by atomic mass is 9.85. The van der Waals surface area contributed by atoms with E-state index in [0.29, 0.717) is 13.1 Å². The average molecular weight is 447 g/mol. The summed E-state index contributed by atoms with van der Waals surface area (Å²) in [5.41, 5.74) is 5.24. The van der Waals surface area contributed by atoms with E-state index < -0.39 is 15.1 Å². The van der Waals surface area contributed by atoms with Gasteiger partial charge in [0.15, 0.2) is 0 Å². The van der Waals surface area contributed by atoms with Gasteiger partial charge in [-0.05, 0) is 47.2 Å². The topological polar surface area (TPSA) is 57.7 Å². The Morgan fingerprint density at radius 2 is 1.69 bits per heavy atom. The van der Waals surface area contributed by atoms with Crippen molar-refractivity contribution in [1.29, 1.82) is 0 Å². The maximum absolute atomic E-state index is 13.4. The maximum atomic E-state index is 13.4. The number of amides is 1. The molecule has 1 atom stereocenters. The molecule has 5 rings (SSSR count). The van der Waals surface area contributed by atoms with Crippen molar-refractivity contribution in [2.45, 2.75) is 30.2 Å². The fraction of sp³-hybridized carbons (Fsp3) is 0.269. The Hall–Kier alpha value is -3.12. The highest BCUT2D eigenvalue weighted by atomic mass is 32.2. The van der Waals surface area contributed by atoms with Crippen LogP contribution in [-0.4, -0.2) is 38.7 Å². The van der Waals surface area contributed by atoms with Crippen LogP contribution in [0.1, 0.15) is 34.6 Å². The van der Waals surface area contributed by atoms with Crippen LogP contribution in [0.4, 0.5) is 10.5 Å². The van der Waals surface area contributed by atoms with Gasteiger partial charge in [0, 0.05) is 38.3 Å². The Morgan fingerprint density at radius 1 is 0.938 bits per heavy atom. The van der Waals surface area contributed by atoms with Gasteiger partial charge in [-0.15, -0.1) is 0 Å². The van der Waals surface area contributed by atoms with Crippen molar-refractivity contribution >= 4 is 20.8 Å². The molecule has 0 saturated carbocycles. The van der Waals surface area contributed by atoms with Gasteiger partial charge in [0.05, 0.1) is 4.90 Å². The fourth-order valence-electron chi connectivity index (χ4n) is 4.89. The van der Waals surface area contributed by atoms with E-state index in [1.807, 2.05) is 61.6 Å². The first-order valence-corrected chi connectivity index (χ1v) is 12.4. The van der Waals surface area contributed by atoms with Crippen LogP contribution in [0.5, 0.6) is 0 Å². The molecule has 2 aliphatic heterocycles. The highest BCUT2D eigenvalue weighted by molar-refractivity contribution is 8.06. The van der Waals surface area contributed by atoms with Crippen LogP contribution >= 0.6 is 0 Å². The van der Waals surface area contributed by atoms with E-state index in [1.54, 1.807) is 12.1 Å². The molecule has 0 aliphatic carbocycles. The Morgan fingerprint density at radius 3 is 2.50 bits per heavy atom. The van der Waals surface area contributed by atoms with E-state index in [9.17, 15) is 13.2 Å². The molecule has 0 radical (unpaired) electrons. The molecule has 6 heteroatoms. The summed E-state index contributed by atoms with van der Waals surface area (Å²) in [5, 5.41) is -0.827. The van der Waals surface area contributed by atoms with E-state index in [4.69, 9.17) is 0 Å². The van der Waals surface area contributed by atoms with Crippen LogP contribution in [0.25, 0.3) is 0 Å². The molecular formula is C26H26N2O3S. The van der Waals surface area contributed by atoms with Gasteiger partial charge in [-0.2, -0.15) is 0 Å². The summed E-state index contributed by atoms with van der Waals surface area (Å²) in [4.78, 5) is 17.0. The number of nitrogens with zero attached hydrogens (tertiary/aromatic N) is 2. The fourth-order valence-corrected chi connectivity index (χ4v) is 6.09. The third-order valence-corrected chi connectivity index (χ3v) is 8.20. The number of carbonyl (C=O) groups is 1. The van der Waals surface area contributed by atoms with Gasteiger partial charge in [-0.25, -0.2) is 8.42 Å². The first-order chi connectivity index (χ1) is 15.4. The summed E-state index contributed by atoms with van der Waals surface area (Å²) < 4.78 is 26.7. The molecule has 2 heterocycles. The number of anilines is 1. The number of rotatable bonds is 2. The molecule has 0 spiro atoms. The summed E-state index contributed by atoms with van der Waals surface area (Å²) in [6.07, 6.45) is 1.97. The Kier molecular flexibility index (Phi) is 5.25. The third-order valence-electron chi connectivity index (χ3n) is 6.60. The monoisotopic (exact) mass is 446 g/mol. The largest absolute Gasteiger partial charge is 0.374 e. The predicted octanol–water partition coefficient (Wildman–Crippen LogP) is 4.61. The van der Waals surface area contributed by atoms with E-state index in [0.717, 1.165) is 47.3 Å². The van der Waals surface area contributed by atoms with Crippen molar-refractivity contribution < 1.29 is 13.2 Å². The molecule has 0 fully saturated rings. The number of hydrogen-bond acceptors (Lipinski definition) is 4. The smallest absolute Gasteiger partial charge is 0.344 e. The van der Waals surface area contributed by atoms with E-state index in [-0.39, 0.29) is 10.8 Å². The molecule has 0 N–H and O–H groups in total. The van der Waals surface area contributed by atoms with Gasteiger partial charge in [0.25, 0.3) is 9.84 Å². The quantitative estimate of drug-likeness (QED) is 0.577. The number of hydrogen-bond donors (Lipinski definition) is 0. The third kappa shape index (κ3) is 3.58. The molecule has 3 aromatic carbocycles. The number of sulfone groups is 1. The first-order valence-electron chi connectivity index (χ1n) is 11.0. The average Bonchev–Trinajstić information content (AvgIpc) is 2.83. The zero-order chi connectivity index (χ0) is 22.3. The summed E-state index contributed by atoms with van der Waals surface area (Å²) in [6, 6.07) is 23.0. The Labute approximate surface area is 189 Å². The molecule has 0 saturated heterocycles. The number of carbonyl (C=O) groups excluding carboxylic acids is 1. The van der Waals surface area contributed by atoms with Crippen molar-refractivity contribution in [3.63, 3.8) is 0 Å². The number of benzene rings is 3. The lowest BCUT2D eigenvalue weighted by Crippen LogP contribution is -2.41. The van der Waals surface area contributed by atoms with Crippen molar-refractivity contribution in [1.82, 2.24) is 4.90 Å². The molecule has 3 aromatic rings. The minimum absolute atomic E-state index is 0.0602. The lowest BCUT2D eigenvalue weighted by Gasteiger charge is -2.35. The van der Waals surface area contributed by atoms with Gasteiger partial charge in [-0.3, -0.25) is 4.79 Å². The molecule has 32 heavy (non-hydrogen) atoms. The van der Waals surface area contributed by atoms with Gasteiger partial charge in [0.2, 0.25) is 0 Å². The zero-order valence-electron chi connectivity index (χ0n) is 18.1. The Bertz CT molecular complexity index is 1270. The van der Waals surface area contributed by atoms with Crippen LogP contribution in [0, 0.1) is 0 Å². The second-order valence-corrected chi connectivity index (χ2v) is 10.5. The van der Waals surface area contributed by atoms with Gasteiger partial charge in [0.1, 0.15) is 0 Å². The molecular weight excluding hydrogens is 420 g/mol. The van der Waals surface area contributed by atoms with Crippen LogP contribution in [-0.2, 0) is 22.8 Å². The number of fused-ring (bicyclic) bond motifs is 2.